The highest BCUT2D eigenvalue weighted by atomic mass is 16.5. The summed E-state index contributed by atoms with van der Waals surface area (Å²) in [6.45, 7) is 4.18. The molecule has 49 heavy (non-hydrogen) atoms. The molecular formula is C37H43N9O3. The van der Waals surface area contributed by atoms with E-state index in [9.17, 15) is 4.79 Å². The molecule has 0 spiro atoms. The van der Waals surface area contributed by atoms with Crippen molar-refractivity contribution < 1.29 is 14.3 Å². The number of rotatable bonds is 9. The quantitative estimate of drug-likeness (QED) is 0.238. The van der Waals surface area contributed by atoms with Crippen LogP contribution in [0.4, 0.5) is 5.82 Å². The highest BCUT2D eigenvalue weighted by Crippen LogP contribution is 2.41. The van der Waals surface area contributed by atoms with E-state index in [-0.39, 0.29) is 18.0 Å². The van der Waals surface area contributed by atoms with Gasteiger partial charge in [0.15, 0.2) is 5.82 Å². The Morgan fingerprint density at radius 1 is 0.898 bits per heavy atom. The third-order valence-electron chi connectivity index (χ3n) is 11.4. The molecule has 2 N–H and O–H groups in total. The minimum atomic E-state index is 0.0136. The number of hydrogen-bond donors (Lipinski definition) is 1. The average Bonchev–Trinajstić information content (AvgIpc) is 3.51. The molecule has 4 aromatic heterocycles. The fraction of sp³-hybridized carbons (Fsp3) is 0.486. The fourth-order valence-corrected chi connectivity index (χ4v) is 8.56. The lowest BCUT2D eigenvalue weighted by Crippen LogP contribution is -2.41. The van der Waals surface area contributed by atoms with Crippen molar-refractivity contribution >= 4 is 33.8 Å². The molecule has 3 atom stereocenters. The maximum atomic E-state index is 14.0. The number of amides is 1. The Labute approximate surface area is 285 Å². The molecule has 12 nitrogen and oxygen atoms in total. The van der Waals surface area contributed by atoms with E-state index in [0.717, 1.165) is 97.8 Å². The Kier molecular flexibility index (Phi) is 7.44. The highest BCUT2D eigenvalue weighted by molar-refractivity contribution is 6.00. The van der Waals surface area contributed by atoms with Crippen LogP contribution in [0.2, 0.25) is 0 Å². The van der Waals surface area contributed by atoms with Crippen LogP contribution in [-0.2, 0) is 13.1 Å². The SMILES string of the molecule is COc1nccc(N2CCC(Cn3c(-c4cc5cccnc5n4CC4CC4)nc4cc(C(=O)N5CC6CCC5[C@H]6N)cc(OC)c43)CC2)n1. The first kappa shape index (κ1) is 30.4. The first-order valence-corrected chi connectivity index (χ1v) is 17.7. The summed E-state index contributed by atoms with van der Waals surface area (Å²) >= 11 is 0. The maximum absolute atomic E-state index is 14.0. The minimum Gasteiger partial charge on any atom is -0.494 e. The standard InChI is InChI=1S/C37H43N9O3/c1-48-30-18-26(36(47)45-21-25-7-8-28(45)32(25)38)16-27-33(30)46(20-23-10-14-43(15-11-23)31-9-13-40-37(42-31)49-2)35(41-27)29-17-24-4-3-12-39-34(24)44(29)19-22-5-6-22/h3-4,9,12-13,16-18,22-23,25,28,32H,5-8,10-11,14-15,19-21,38H2,1-2H3/t25?,28?,32-/m0/s1. The molecule has 254 valence electrons. The van der Waals surface area contributed by atoms with Crippen molar-refractivity contribution in [3.63, 3.8) is 0 Å². The van der Waals surface area contributed by atoms with Crippen molar-refractivity contribution in [2.75, 3.05) is 38.8 Å². The lowest BCUT2D eigenvalue weighted by Gasteiger charge is -2.33. The number of pyridine rings is 1. The van der Waals surface area contributed by atoms with Crippen LogP contribution in [-0.4, -0.2) is 85.8 Å². The second-order valence-corrected chi connectivity index (χ2v) is 14.4. The highest BCUT2D eigenvalue weighted by Gasteiger charge is 2.47. The molecule has 4 fully saturated rings. The number of likely N-dealkylation sites (tertiary alicyclic amines) is 1. The van der Waals surface area contributed by atoms with E-state index in [2.05, 4.69) is 36.1 Å². The Bertz CT molecular complexity index is 2040. The zero-order valence-corrected chi connectivity index (χ0v) is 28.2. The minimum absolute atomic E-state index is 0.0136. The molecule has 2 bridgehead atoms. The van der Waals surface area contributed by atoms with E-state index >= 15 is 0 Å². The van der Waals surface area contributed by atoms with Crippen molar-refractivity contribution in [1.29, 1.82) is 0 Å². The van der Waals surface area contributed by atoms with E-state index < -0.39 is 0 Å². The number of imidazole rings is 1. The number of carbonyl (C=O) groups is 1. The summed E-state index contributed by atoms with van der Waals surface area (Å²) < 4.78 is 16.1. The van der Waals surface area contributed by atoms with Crippen molar-refractivity contribution in [2.24, 2.45) is 23.5 Å². The van der Waals surface area contributed by atoms with Gasteiger partial charge in [0.1, 0.15) is 22.7 Å². The van der Waals surface area contributed by atoms with Gasteiger partial charge in [0, 0.05) is 68.2 Å². The Morgan fingerprint density at radius 2 is 1.71 bits per heavy atom. The van der Waals surface area contributed by atoms with Crippen LogP contribution in [0.5, 0.6) is 11.8 Å². The smallest absolute Gasteiger partial charge is 0.318 e. The normalized spacial score (nSPS) is 22.5. The van der Waals surface area contributed by atoms with Gasteiger partial charge in [0.05, 0.1) is 25.4 Å². The Balaban J connectivity index is 1.11. The largest absolute Gasteiger partial charge is 0.494 e. The number of nitrogens with zero attached hydrogens (tertiary/aromatic N) is 8. The van der Waals surface area contributed by atoms with Gasteiger partial charge in [-0.15, -0.1) is 0 Å². The number of methoxy groups -OCH3 is 2. The van der Waals surface area contributed by atoms with Gasteiger partial charge in [-0.1, -0.05) is 0 Å². The predicted molar refractivity (Wildman–Crippen MR) is 187 cm³/mol. The summed E-state index contributed by atoms with van der Waals surface area (Å²) in [5, 5.41) is 1.11. The first-order chi connectivity index (χ1) is 24.0. The summed E-state index contributed by atoms with van der Waals surface area (Å²) in [7, 11) is 3.29. The molecule has 2 unspecified atom stereocenters. The zero-order valence-electron chi connectivity index (χ0n) is 28.2. The molecule has 1 amide bonds. The van der Waals surface area contributed by atoms with Crippen LogP contribution >= 0.6 is 0 Å². The number of fused-ring (bicyclic) bond motifs is 4. The summed E-state index contributed by atoms with van der Waals surface area (Å²) in [4.78, 5) is 37.2. The van der Waals surface area contributed by atoms with Crippen molar-refractivity contribution in [3.05, 3.63) is 54.4 Å². The maximum Gasteiger partial charge on any atom is 0.318 e. The second-order valence-electron chi connectivity index (χ2n) is 14.4. The number of anilines is 1. The molecule has 4 aliphatic rings. The lowest BCUT2D eigenvalue weighted by atomic mass is 9.96. The van der Waals surface area contributed by atoms with Gasteiger partial charge >= 0.3 is 6.01 Å². The van der Waals surface area contributed by atoms with E-state index in [1.165, 1.54) is 12.8 Å². The Morgan fingerprint density at radius 3 is 2.45 bits per heavy atom. The van der Waals surface area contributed by atoms with Crippen LogP contribution in [0.25, 0.3) is 33.6 Å². The third-order valence-corrected chi connectivity index (χ3v) is 11.4. The molecule has 2 saturated heterocycles. The van der Waals surface area contributed by atoms with Gasteiger partial charge in [-0.2, -0.15) is 4.98 Å². The monoisotopic (exact) mass is 661 g/mol. The van der Waals surface area contributed by atoms with Crippen LogP contribution in [0.3, 0.4) is 0 Å². The molecular weight excluding hydrogens is 618 g/mol. The van der Waals surface area contributed by atoms with Gasteiger partial charge in [-0.3, -0.25) is 4.79 Å². The molecule has 2 saturated carbocycles. The molecule has 2 aliphatic heterocycles. The molecule has 5 aromatic rings. The van der Waals surface area contributed by atoms with Crippen LogP contribution in [0.1, 0.15) is 48.9 Å². The number of ether oxygens (including phenoxy) is 2. The van der Waals surface area contributed by atoms with Crippen LogP contribution < -0.4 is 20.1 Å². The number of aromatic nitrogens is 6. The summed E-state index contributed by atoms with van der Waals surface area (Å²) in [5.74, 6) is 3.91. The average molecular weight is 662 g/mol. The van der Waals surface area contributed by atoms with Gasteiger partial charge in [-0.25, -0.2) is 15.0 Å². The molecule has 0 radical (unpaired) electrons. The summed E-state index contributed by atoms with van der Waals surface area (Å²) in [6.07, 6.45) is 10.2. The van der Waals surface area contributed by atoms with Gasteiger partial charge in [0.25, 0.3) is 5.91 Å². The Hall–Kier alpha value is -4.71. The predicted octanol–water partition coefficient (Wildman–Crippen LogP) is 4.75. The molecule has 12 heteroatoms. The second kappa shape index (κ2) is 12.0. The van der Waals surface area contributed by atoms with Gasteiger partial charge in [-0.05, 0) is 92.7 Å². The summed E-state index contributed by atoms with van der Waals surface area (Å²) in [6, 6.07) is 12.7. The topological polar surface area (TPSA) is 129 Å². The number of piperidine rings is 2. The molecule has 1 aromatic carbocycles. The number of benzene rings is 1. The number of nitrogens with two attached hydrogens (primary N) is 1. The van der Waals surface area contributed by atoms with Gasteiger partial charge in [0.2, 0.25) is 0 Å². The van der Waals surface area contributed by atoms with Gasteiger partial charge < -0.3 is 34.1 Å². The van der Waals surface area contributed by atoms with E-state index in [4.69, 9.17) is 25.2 Å². The molecule has 9 rings (SSSR count). The van der Waals surface area contributed by atoms with Crippen LogP contribution in [0, 0.1) is 17.8 Å². The zero-order chi connectivity index (χ0) is 33.2. The fourth-order valence-electron chi connectivity index (χ4n) is 8.56. The molecule has 2 aliphatic carbocycles. The van der Waals surface area contributed by atoms with E-state index in [0.29, 0.717) is 35.1 Å². The summed E-state index contributed by atoms with van der Waals surface area (Å²) in [5.41, 5.74) is 10.8. The molecule has 6 heterocycles. The van der Waals surface area contributed by atoms with E-state index in [1.54, 1.807) is 20.4 Å². The number of hydrogen-bond acceptors (Lipinski definition) is 9. The number of carbonyl (C=O) groups excluding carboxylic acids is 1. The third kappa shape index (κ3) is 5.27. The van der Waals surface area contributed by atoms with E-state index in [1.807, 2.05) is 35.4 Å². The van der Waals surface area contributed by atoms with Crippen molar-refractivity contribution in [2.45, 2.75) is 63.7 Å². The first-order valence-electron chi connectivity index (χ1n) is 17.7. The van der Waals surface area contributed by atoms with Crippen molar-refractivity contribution in [1.82, 2.24) is 34.0 Å². The van der Waals surface area contributed by atoms with Crippen LogP contribution in [0.15, 0.2) is 48.8 Å². The van der Waals surface area contributed by atoms with Crippen molar-refractivity contribution in [3.8, 4) is 23.3 Å². The lowest BCUT2D eigenvalue weighted by molar-refractivity contribution is 0.0700.